The van der Waals surface area contributed by atoms with Crippen LogP contribution in [-0.4, -0.2) is 60.5 Å². The van der Waals surface area contributed by atoms with Crippen molar-refractivity contribution >= 4 is 17.8 Å². The van der Waals surface area contributed by atoms with E-state index in [9.17, 15) is 24.6 Å². The van der Waals surface area contributed by atoms with Crippen molar-refractivity contribution in [3.63, 3.8) is 0 Å². The molecule has 1 saturated carbocycles. The zero-order valence-electron chi connectivity index (χ0n) is 23.9. The van der Waals surface area contributed by atoms with Crippen LogP contribution < -0.4 is 24.3 Å². The summed E-state index contributed by atoms with van der Waals surface area (Å²) in [5.74, 6) is -0.632. The smallest absolute Gasteiger partial charge is 0.335 e. The Balaban J connectivity index is 1.20. The number of hydrogen-bond donors (Lipinski definition) is 3. The van der Waals surface area contributed by atoms with Crippen molar-refractivity contribution in [1.82, 2.24) is 5.32 Å². The lowest BCUT2D eigenvalue weighted by molar-refractivity contribution is -0.143. The summed E-state index contributed by atoms with van der Waals surface area (Å²) in [5.41, 5.74) is 0.0223. The molecule has 43 heavy (non-hydrogen) atoms. The molecule has 0 aliphatic heterocycles. The standard InChI is InChI=1S/C33H37NO9/c35-31(34-25-8-6-7-23(21-25)32(36)37)29-22-24(33(38)39)11-16-30(29)43-20-19-42-28-14-12-27(13-15-28)41-18-5-4-17-40-26-9-2-1-3-10-26/h1-3,9-16,22-23,25H,4-8,17-21H2,(H,34,35)(H,36,37)(H,38,39). The number of amides is 1. The van der Waals surface area contributed by atoms with Crippen molar-refractivity contribution in [3.05, 3.63) is 83.9 Å². The Morgan fingerprint density at radius 3 is 1.95 bits per heavy atom. The quantitative estimate of drug-likeness (QED) is 0.185. The van der Waals surface area contributed by atoms with Gasteiger partial charge in [-0.05, 0) is 86.7 Å². The third-order valence-corrected chi connectivity index (χ3v) is 7.08. The minimum atomic E-state index is -1.17. The van der Waals surface area contributed by atoms with Crippen molar-refractivity contribution in [2.75, 3.05) is 26.4 Å². The first-order chi connectivity index (χ1) is 20.9. The van der Waals surface area contributed by atoms with E-state index in [1.54, 1.807) is 12.1 Å². The predicted molar refractivity (Wildman–Crippen MR) is 158 cm³/mol. The third-order valence-electron chi connectivity index (χ3n) is 7.08. The Hall–Kier alpha value is -4.73. The number of nitrogens with one attached hydrogen (secondary N) is 1. The first kappa shape index (κ1) is 31.2. The van der Waals surface area contributed by atoms with Crippen LogP contribution in [-0.2, 0) is 4.79 Å². The Labute approximate surface area is 250 Å². The van der Waals surface area contributed by atoms with Gasteiger partial charge >= 0.3 is 11.9 Å². The van der Waals surface area contributed by atoms with Crippen LogP contribution in [0.2, 0.25) is 0 Å². The molecule has 10 heteroatoms. The van der Waals surface area contributed by atoms with E-state index in [1.165, 1.54) is 18.2 Å². The van der Waals surface area contributed by atoms with E-state index in [1.807, 2.05) is 42.5 Å². The second-order valence-electron chi connectivity index (χ2n) is 10.3. The summed E-state index contributed by atoms with van der Waals surface area (Å²) in [6.07, 6.45) is 3.99. The summed E-state index contributed by atoms with van der Waals surface area (Å²) in [6.45, 7) is 1.50. The number of carboxylic acids is 2. The molecule has 2 atom stereocenters. The molecule has 1 amide bonds. The van der Waals surface area contributed by atoms with Crippen molar-refractivity contribution in [1.29, 1.82) is 0 Å². The van der Waals surface area contributed by atoms with Gasteiger partial charge in [-0.15, -0.1) is 0 Å². The van der Waals surface area contributed by atoms with Gasteiger partial charge in [0.1, 0.15) is 36.2 Å². The molecule has 1 fully saturated rings. The Bertz CT molecular complexity index is 1340. The monoisotopic (exact) mass is 591 g/mol. The maximum absolute atomic E-state index is 13.1. The van der Waals surface area contributed by atoms with E-state index >= 15 is 0 Å². The van der Waals surface area contributed by atoms with E-state index < -0.39 is 23.8 Å². The van der Waals surface area contributed by atoms with E-state index in [-0.39, 0.29) is 36.1 Å². The van der Waals surface area contributed by atoms with Crippen LogP contribution in [0.15, 0.2) is 72.8 Å². The van der Waals surface area contributed by atoms with Crippen LogP contribution in [0.25, 0.3) is 0 Å². The summed E-state index contributed by atoms with van der Waals surface area (Å²) in [5, 5.41) is 21.6. The number of carbonyl (C=O) groups excluding carboxylic acids is 1. The number of rotatable bonds is 16. The zero-order valence-corrected chi connectivity index (χ0v) is 23.9. The number of ether oxygens (including phenoxy) is 4. The highest BCUT2D eigenvalue weighted by Gasteiger charge is 2.29. The van der Waals surface area contributed by atoms with Gasteiger partial charge in [-0.25, -0.2) is 4.79 Å². The molecule has 2 unspecified atom stereocenters. The Kier molecular flexibility index (Phi) is 11.6. The van der Waals surface area contributed by atoms with Gasteiger partial charge in [0.2, 0.25) is 0 Å². The molecule has 4 rings (SSSR count). The summed E-state index contributed by atoms with van der Waals surface area (Å²) < 4.78 is 23.0. The third kappa shape index (κ3) is 9.95. The van der Waals surface area contributed by atoms with Gasteiger partial charge in [0.25, 0.3) is 5.91 Å². The zero-order chi connectivity index (χ0) is 30.4. The fraction of sp³-hybridized carbons (Fsp3) is 0.364. The normalized spacial score (nSPS) is 16.1. The molecule has 0 aromatic heterocycles. The van der Waals surface area contributed by atoms with Crippen LogP contribution in [0.5, 0.6) is 23.0 Å². The summed E-state index contributed by atoms with van der Waals surface area (Å²) >= 11 is 0. The van der Waals surface area contributed by atoms with Gasteiger partial charge in [-0.2, -0.15) is 0 Å². The molecule has 3 aromatic rings. The van der Waals surface area contributed by atoms with Gasteiger partial charge in [0.05, 0.1) is 30.3 Å². The molecule has 228 valence electrons. The lowest BCUT2D eigenvalue weighted by Gasteiger charge is -2.27. The van der Waals surface area contributed by atoms with Crippen LogP contribution in [0.3, 0.4) is 0 Å². The van der Waals surface area contributed by atoms with Gasteiger partial charge in [0.15, 0.2) is 0 Å². The van der Waals surface area contributed by atoms with Gasteiger partial charge < -0.3 is 34.5 Å². The fourth-order valence-electron chi connectivity index (χ4n) is 4.82. The predicted octanol–water partition coefficient (Wildman–Crippen LogP) is 5.45. The fourth-order valence-corrected chi connectivity index (χ4v) is 4.82. The van der Waals surface area contributed by atoms with Gasteiger partial charge in [-0.1, -0.05) is 24.6 Å². The lowest BCUT2D eigenvalue weighted by Crippen LogP contribution is -2.40. The molecule has 0 spiro atoms. The van der Waals surface area contributed by atoms with E-state index in [0.717, 1.165) is 24.3 Å². The molecule has 3 N–H and O–H groups in total. The maximum atomic E-state index is 13.1. The molecular formula is C33H37NO9. The number of para-hydroxylation sites is 1. The van der Waals surface area contributed by atoms with E-state index in [2.05, 4.69) is 5.32 Å². The van der Waals surface area contributed by atoms with Crippen molar-refractivity contribution in [2.24, 2.45) is 5.92 Å². The molecule has 0 heterocycles. The lowest BCUT2D eigenvalue weighted by atomic mass is 9.85. The van der Waals surface area contributed by atoms with E-state index in [4.69, 9.17) is 18.9 Å². The average molecular weight is 592 g/mol. The first-order valence-corrected chi connectivity index (χ1v) is 14.5. The maximum Gasteiger partial charge on any atom is 0.335 e. The number of hydrogen-bond acceptors (Lipinski definition) is 7. The number of carboxylic acid groups (broad SMARTS) is 2. The number of unbranched alkanes of at least 4 members (excludes halogenated alkanes) is 1. The van der Waals surface area contributed by atoms with Gasteiger partial charge in [0, 0.05) is 6.04 Å². The molecule has 10 nitrogen and oxygen atoms in total. The number of aliphatic carboxylic acids is 1. The Morgan fingerprint density at radius 2 is 1.33 bits per heavy atom. The topological polar surface area (TPSA) is 141 Å². The van der Waals surface area contributed by atoms with Crippen molar-refractivity contribution in [3.8, 4) is 23.0 Å². The molecule has 1 aliphatic carbocycles. The van der Waals surface area contributed by atoms with Crippen molar-refractivity contribution in [2.45, 2.75) is 44.6 Å². The van der Waals surface area contributed by atoms with E-state index in [0.29, 0.717) is 44.6 Å². The second kappa shape index (κ2) is 16.1. The molecule has 0 bridgehead atoms. The first-order valence-electron chi connectivity index (χ1n) is 14.5. The van der Waals surface area contributed by atoms with Crippen LogP contribution in [0.4, 0.5) is 0 Å². The second-order valence-corrected chi connectivity index (χ2v) is 10.3. The summed E-state index contributed by atoms with van der Waals surface area (Å²) in [4.78, 5) is 36.0. The summed E-state index contributed by atoms with van der Waals surface area (Å²) in [6, 6.07) is 20.7. The van der Waals surface area contributed by atoms with Crippen LogP contribution in [0, 0.1) is 5.92 Å². The van der Waals surface area contributed by atoms with Crippen LogP contribution >= 0.6 is 0 Å². The summed E-state index contributed by atoms with van der Waals surface area (Å²) in [7, 11) is 0. The van der Waals surface area contributed by atoms with Gasteiger partial charge in [-0.3, -0.25) is 9.59 Å². The number of carbonyl (C=O) groups is 3. The number of aromatic carboxylic acids is 1. The largest absolute Gasteiger partial charge is 0.494 e. The molecule has 1 aliphatic rings. The molecular weight excluding hydrogens is 554 g/mol. The minimum absolute atomic E-state index is 0.0522. The Morgan fingerprint density at radius 1 is 0.721 bits per heavy atom. The van der Waals surface area contributed by atoms with Crippen LogP contribution in [0.1, 0.15) is 59.2 Å². The molecule has 0 saturated heterocycles. The molecule has 3 aromatic carbocycles. The SMILES string of the molecule is O=C(O)c1ccc(OCCOc2ccc(OCCCCOc3ccccc3)cc2)c(C(=O)NC2CCCC(C(=O)O)C2)c1. The van der Waals surface area contributed by atoms with Crippen molar-refractivity contribution < 1.29 is 43.5 Å². The minimum Gasteiger partial charge on any atom is -0.494 e. The highest BCUT2D eigenvalue weighted by Crippen LogP contribution is 2.26. The average Bonchev–Trinajstić information content (AvgIpc) is 3.02. The highest BCUT2D eigenvalue weighted by atomic mass is 16.5. The highest BCUT2D eigenvalue weighted by molar-refractivity contribution is 6.00. The number of benzene rings is 3. The molecule has 0 radical (unpaired) electrons.